The fourth-order valence-electron chi connectivity index (χ4n) is 1.56. The van der Waals surface area contributed by atoms with Crippen LogP contribution in [0.2, 0.25) is 5.02 Å². The van der Waals surface area contributed by atoms with Crippen molar-refractivity contribution in [2.24, 2.45) is 0 Å². The van der Waals surface area contributed by atoms with Gasteiger partial charge in [-0.1, -0.05) is 11.6 Å². The highest BCUT2D eigenvalue weighted by Gasteiger charge is 2.20. The second-order valence-corrected chi connectivity index (χ2v) is 4.66. The molecule has 1 aromatic rings. The lowest BCUT2D eigenvalue weighted by atomic mass is 10.2. The van der Waals surface area contributed by atoms with Crippen LogP contribution in [0.15, 0.2) is 18.2 Å². The Morgan fingerprint density at radius 3 is 2.88 bits per heavy atom. The van der Waals surface area contributed by atoms with Gasteiger partial charge in [0, 0.05) is 24.7 Å². The predicted molar refractivity (Wildman–Crippen MR) is 68.7 cm³/mol. The Hall–Kier alpha value is -0.770. The van der Waals surface area contributed by atoms with Crippen LogP contribution in [0.3, 0.4) is 0 Å². The quantitative estimate of drug-likeness (QED) is 0.760. The summed E-state index contributed by atoms with van der Waals surface area (Å²) in [5, 5.41) is 4.23. The molecule has 94 valence electrons. The molecular formula is C13H18ClNO2. The van der Waals surface area contributed by atoms with Gasteiger partial charge in [0.1, 0.15) is 12.4 Å². The number of hydrogen-bond acceptors (Lipinski definition) is 3. The average Bonchev–Trinajstić information content (AvgIpc) is 3.14. The van der Waals surface area contributed by atoms with Crippen molar-refractivity contribution in [2.45, 2.75) is 25.4 Å². The minimum Gasteiger partial charge on any atom is -0.491 e. The van der Waals surface area contributed by atoms with Gasteiger partial charge in [-0.05, 0) is 36.6 Å². The number of nitrogens with one attached hydrogen (secondary N) is 1. The molecule has 4 heteroatoms. The molecule has 0 heterocycles. The zero-order valence-corrected chi connectivity index (χ0v) is 10.8. The van der Waals surface area contributed by atoms with Gasteiger partial charge in [-0.25, -0.2) is 0 Å². The molecule has 0 unspecified atom stereocenters. The van der Waals surface area contributed by atoms with E-state index in [1.165, 1.54) is 12.8 Å². The number of rotatable bonds is 7. The van der Waals surface area contributed by atoms with E-state index in [0.717, 1.165) is 22.9 Å². The van der Waals surface area contributed by atoms with E-state index in [9.17, 15) is 0 Å². The van der Waals surface area contributed by atoms with Gasteiger partial charge in [-0.3, -0.25) is 0 Å². The van der Waals surface area contributed by atoms with Gasteiger partial charge in [0.25, 0.3) is 0 Å². The van der Waals surface area contributed by atoms with E-state index in [1.807, 2.05) is 18.2 Å². The van der Waals surface area contributed by atoms with E-state index < -0.39 is 0 Å². The molecule has 1 aromatic carbocycles. The van der Waals surface area contributed by atoms with Crippen LogP contribution in [0.5, 0.6) is 5.75 Å². The predicted octanol–water partition coefficient (Wildman–Crippen LogP) is 2.62. The van der Waals surface area contributed by atoms with Crippen LogP contribution in [0.1, 0.15) is 18.4 Å². The standard InChI is InChI=1S/C13H18ClNO2/c1-16-6-7-17-12-4-5-13(14)10(8-12)9-15-11-2-3-11/h4-5,8,11,15H,2-3,6-7,9H2,1H3. The molecule has 3 nitrogen and oxygen atoms in total. The molecule has 0 amide bonds. The summed E-state index contributed by atoms with van der Waals surface area (Å²) in [4.78, 5) is 0. The van der Waals surface area contributed by atoms with E-state index in [0.29, 0.717) is 19.3 Å². The van der Waals surface area contributed by atoms with Gasteiger partial charge >= 0.3 is 0 Å². The maximum Gasteiger partial charge on any atom is 0.119 e. The maximum absolute atomic E-state index is 6.14. The van der Waals surface area contributed by atoms with E-state index in [2.05, 4.69) is 5.32 Å². The van der Waals surface area contributed by atoms with Gasteiger partial charge in [-0.15, -0.1) is 0 Å². The Kier molecular flexibility index (Phi) is 4.66. The van der Waals surface area contributed by atoms with Crippen LogP contribution >= 0.6 is 11.6 Å². The summed E-state index contributed by atoms with van der Waals surface area (Å²) in [5.41, 5.74) is 1.09. The molecule has 0 saturated heterocycles. The lowest BCUT2D eigenvalue weighted by Crippen LogP contribution is -2.15. The average molecular weight is 256 g/mol. The highest BCUT2D eigenvalue weighted by atomic mass is 35.5. The molecule has 1 aliphatic rings. The number of hydrogen-bond donors (Lipinski definition) is 1. The topological polar surface area (TPSA) is 30.5 Å². The number of ether oxygens (including phenoxy) is 2. The van der Waals surface area contributed by atoms with Gasteiger partial charge in [0.15, 0.2) is 0 Å². The SMILES string of the molecule is COCCOc1ccc(Cl)c(CNC2CC2)c1. The van der Waals surface area contributed by atoms with Crippen LogP contribution in [-0.2, 0) is 11.3 Å². The van der Waals surface area contributed by atoms with Crippen LogP contribution < -0.4 is 10.1 Å². The van der Waals surface area contributed by atoms with Crippen LogP contribution in [0, 0.1) is 0 Å². The fourth-order valence-corrected chi connectivity index (χ4v) is 1.75. The molecule has 0 atom stereocenters. The molecule has 1 N–H and O–H groups in total. The van der Waals surface area contributed by atoms with Gasteiger partial charge in [-0.2, -0.15) is 0 Å². The van der Waals surface area contributed by atoms with Crippen molar-refractivity contribution >= 4 is 11.6 Å². The summed E-state index contributed by atoms with van der Waals surface area (Å²) in [6.07, 6.45) is 2.56. The summed E-state index contributed by atoms with van der Waals surface area (Å²) in [6.45, 7) is 1.97. The fraction of sp³-hybridized carbons (Fsp3) is 0.538. The molecular weight excluding hydrogens is 238 g/mol. The van der Waals surface area contributed by atoms with Crippen molar-refractivity contribution in [3.05, 3.63) is 28.8 Å². The van der Waals surface area contributed by atoms with Gasteiger partial charge in [0.05, 0.1) is 6.61 Å². The van der Waals surface area contributed by atoms with Crippen molar-refractivity contribution < 1.29 is 9.47 Å². The first-order valence-electron chi connectivity index (χ1n) is 5.93. The second kappa shape index (κ2) is 6.24. The summed E-state index contributed by atoms with van der Waals surface area (Å²) < 4.78 is 10.5. The molecule has 0 radical (unpaired) electrons. The van der Waals surface area contributed by atoms with E-state index in [-0.39, 0.29) is 0 Å². The molecule has 0 bridgehead atoms. The lowest BCUT2D eigenvalue weighted by Gasteiger charge is -2.10. The number of benzene rings is 1. The molecule has 17 heavy (non-hydrogen) atoms. The van der Waals surface area contributed by atoms with Crippen molar-refractivity contribution in [2.75, 3.05) is 20.3 Å². The molecule has 0 aliphatic heterocycles. The zero-order valence-electron chi connectivity index (χ0n) is 10.0. The second-order valence-electron chi connectivity index (χ2n) is 4.25. The van der Waals surface area contributed by atoms with Crippen molar-refractivity contribution in [1.29, 1.82) is 0 Å². The Balaban J connectivity index is 1.90. The van der Waals surface area contributed by atoms with Crippen molar-refractivity contribution in [1.82, 2.24) is 5.32 Å². The van der Waals surface area contributed by atoms with E-state index in [4.69, 9.17) is 21.1 Å². The Labute approximate surface area is 107 Å². The minimum atomic E-state index is 0.563. The molecule has 1 saturated carbocycles. The highest BCUT2D eigenvalue weighted by Crippen LogP contribution is 2.24. The number of halogens is 1. The highest BCUT2D eigenvalue weighted by molar-refractivity contribution is 6.31. The third-order valence-corrected chi connectivity index (χ3v) is 3.10. The van der Waals surface area contributed by atoms with E-state index in [1.54, 1.807) is 7.11 Å². The summed E-state index contributed by atoms with van der Waals surface area (Å²) in [7, 11) is 1.66. The lowest BCUT2D eigenvalue weighted by molar-refractivity contribution is 0.146. The normalized spacial score (nSPS) is 14.9. The summed E-state index contributed by atoms with van der Waals surface area (Å²) in [5.74, 6) is 0.846. The third-order valence-electron chi connectivity index (χ3n) is 2.73. The summed E-state index contributed by atoms with van der Waals surface area (Å²) in [6, 6.07) is 6.45. The van der Waals surface area contributed by atoms with Gasteiger partial charge < -0.3 is 14.8 Å². The number of methoxy groups -OCH3 is 1. The monoisotopic (exact) mass is 255 g/mol. The minimum absolute atomic E-state index is 0.563. The molecule has 1 fully saturated rings. The van der Waals surface area contributed by atoms with Crippen molar-refractivity contribution in [3.63, 3.8) is 0 Å². The molecule has 2 rings (SSSR count). The Morgan fingerprint density at radius 1 is 1.35 bits per heavy atom. The smallest absolute Gasteiger partial charge is 0.119 e. The van der Waals surface area contributed by atoms with Crippen LogP contribution in [-0.4, -0.2) is 26.4 Å². The largest absolute Gasteiger partial charge is 0.491 e. The molecule has 0 spiro atoms. The Morgan fingerprint density at radius 2 is 2.18 bits per heavy atom. The zero-order chi connectivity index (χ0) is 12.1. The Bertz CT molecular complexity index is 366. The van der Waals surface area contributed by atoms with Crippen LogP contribution in [0.4, 0.5) is 0 Å². The first-order valence-corrected chi connectivity index (χ1v) is 6.31. The van der Waals surface area contributed by atoms with Gasteiger partial charge in [0.2, 0.25) is 0 Å². The summed E-state index contributed by atoms with van der Waals surface area (Å²) >= 11 is 6.14. The van der Waals surface area contributed by atoms with Crippen LogP contribution in [0.25, 0.3) is 0 Å². The third kappa shape index (κ3) is 4.19. The molecule has 1 aliphatic carbocycles. The first kappa shape index (κ1) is 12.7. The van der Waals surface area contributed by atoms with Crippen molar-refractivity contribution in [3.8, 4) is 5.75 Å². The first-order chi connectivity index (χ1) is 8.29. The maximum atomic E-state index is 6.14. The molecule has 0 aromatic heterocycles. The van der Waals surface area contributed by atoms with E-state index >= 15 is 0 Å².